The lowest BCUT2D eigenvalue weighted by Crippen LogP contribution is -2.09. The molecule has 2 aromatic heterocycles. The van der Waals surface area contributed by atoms with E-state index in [1.54, 1.807) is 4.68 Å². The van der Waals surface area contributed by atoms with Crippen LogP contribution in [-0.4, -0.2) is 15.6 Å². The Morgan fingerprint density at radius 3 is 2.88 bits per heavy atom. The number of ketones is 1. The van der Waals surface area contributed by atoms with Gasteiger partial charge in [0.15, 0.2) is 0 Å². The zero-order valence-corrected chi connectivity index (χ0v) is 10.3. The standard InChI is InChI=1S/C12H14N2OS/c1-3-10-7-11(14(4-2)13-10)12(15)9-5-6-16-8-9/h5-8H,3-4H2,1-2H3. The highest BCUT2D eigenvalue weighted by atomic mass is 32.1. The van der Waals surface area contributed by atoms with Crippen molar-refractivity contribution in [1.29, 1.82) is 0 Å². The Balaban J connectivity index is 2.39. The average molecular weight is 234 g/mol. The van der Waals surface area contributed by atoms with E-state index in [0.29, 0.717) is 5.69 Å². The van der Waals surface area contributed by atoms with Gasteiger partial charge >= 0.3 is 0 Å². The summed E-state index contributed by atoms with van der Waals surface area (Å²) < 4.78 is 1.78. The molecule has 0 aliphatic rings. The molecule has 0 saturated heterocycles. The van der Waals surface area contributed by atoms with Crippen LogP contribution in [0.15, 0.2) is 22.9 Å². The van der Waals surface area contributed by atoms with Gasteiger partial charge in [0, 0.05) is 17.5 Å². The molecule has 16 heavy (non-hydrogen) atoms. The Bertz CT molecular complexity index is 485. The van der Waals surface area contributed by atoms with Gasteiger partial charge in [0.1, 0.15) is 5.69 Å². The fraction of sp³-hybridized carbons (Fsp3) is 0.333. The maximum Gasteiger partial charge on any atom is 0.211 e. The number of thiophene rings is 1. The fourth-order valence-electron chi connectivity index (χ4n) is 1.61. The third kappa shape index (κ3) is 1.93. The highest BCUT2D eigenvalue weighted by molar-refractivity contribution is 7.08. The van der Waals surface area contributed by atoms with E-state index in [-0.39, 0.29) is 5.78 Å². The van der Waals surface area contributed by atoms with Crippen LogP contribution in [0.1, 0.15) is 35.6 Å². The maximum absolute atomic E-state index is 12.2. The lowest BCUT2D eigenvalue weighted by atomic mass is 10.1. The monoisotopic (exact) mass is 234 g/mol. The summed E-state index contributed by atoms with van der Waals surface area (Å²) in [6.45, 7) is 4.77. The molecule has 0 atom stereocenters. The molecule has 4 heteroatoms. The molecule has 3 nitrogen and oxygen atoms in total. The molecule has 0 saturated carbocycles. The van der Waals surface area contributed by atoms with Gasteiger partial charge in [0.2, 0.25) is 5.78 Å². The summed E-state index contributed by atoms with van der Waals surface area (Å²) in [5.74, 6) is 0.0651. The molecule has 0 aromatic carbocycles. The van der Waals surface area contributed by atoms with Gasteiger partial charge in [-0.3, -0.25) is 9.48 Å². The molecule has 0 unspecified atom stereocenters. The zero-order valence-electron chi connectivity index (χ0n) is 9.43. The number of hydrogen-bond donors (Lipinski definition) is 0. The summed E-state index contributed by atoms with van der Waals surface area (Å²) in [5, 5.41) is 8.17. The maximum atomic E-state index is 12.2. The van der Waals surface area contributed by atoms with Gasteiger partial charge in [-0.1, -0.05) is 6.92 Å². The smallest absolute Gasteiger partial charge is 0.211 e. The van der Waals surface area contributed by atoms with E-state index in [1.165, 1.54) is 11.3 Å². The second-order valence-electron chi connectivity index (χ2n) is 3.53. The van der Waals surface area contributed by atoms with Crippen molar-refractivity contribution in [2.75, 3.05) is 0 Å². The minimum atomic E-state index is 0.0651. The Morgan fingerprint density at radius 2 is 2.31 bits per heavy atom. The van der Waals surface area contributed by atoms with Gasteiger partial charge in [-0.25, -0.2) is 0 Å². The number of aryl methyl sites for hydroxylation is 2. The Kier molecular flexibility index (Phi) is 3.19. The van der Waals surface area contributed by atoms with Crippen molar-refractivity contribution in [3.63, 3.8) is 0 Å². The molecule has 0 bridgehead atoms. The van der Waals surface area contributed by atoms with E-state index in [0.717, 1.165) is 24.2 Å². The highest BCUT2D eigenvalue weighted by Crippen LogP contribution is 2.14. The summed E-state index contributed by atoms with van der Waals surface area (Å²) in [5.41, 5.74) is 2.42. The number of carbonyl (C=O) groups is 1. The van der Waals surface area contributed by atoms with Gasteiger partial charge in [-0.2, -0.15) is 16.4 Å². The first kappa shape index (κ1) is 11.1. The Labute approximate surface area is 98.7 Å². The molecule has 0 spiro atoms. The minimum absolute atomic E-state index is 0.0651. The van der Waals surface area contributed by atoms with Gasteiger partial charge in [-0.05, 0) is 30.9 Å². The van der Waals surface area contributed by atoms with Gasteiger partial charge in [0.05, 0.1) is 5.69 Å². The van der Waals surface area contributed by atoms with Crippen LogP contribution in [0, 0.1) is 0 Å². The molecule has 0 amide bonds. The fourth-order valence-corrected chi connectivity index (χ4v) is 2.24. The predicted molar refractivity (Wildman–Crippen MR) is 65.0 cm³/mol. The topological polar surface area (TPSA) is 34.9 Å². The second kappa shape index (κ2) is 4.61. The number of nitrogens with zero attached hydrogens (tertiary/aromatic N) is 2. The van der Waals surface area contributed by atoms with Crippen LogP contribution in [-0.2, 0) is 13.0 Å². The van der Waals surface area contributed by atoms with Crippen molar-refractivity contribution in [3.8, 4) is 0 Å². The zero-order chi connectivity index (χ0) is 11.5. The predicted octanol–water partition coefficient (Wildman–Crippen LogP) is 2.76. The molecular weight excluding hydrogens is 220 g/mol. The number of rotatable bonds is 4. The van der Waals surface area contributed by atoms with Crippen LogP contribution in [0.4, 0.5) is 0 Å². The summed E-state index contributed by atoms with van der Waals surface area (Å²) in [4.78, 5) is 12.2. The van der Waals surface area contributed by atoms with E-state index in [4.69, 9.17) is 0 Å². The Morgan fingerprint density at radius 1 is 1.50 bits per heavy atom. The van der Waals surface area contributed by atoms with E-state index >= 15 is 0 Å². The SMILES string of the molecule is CCc1cc(C(=O)c2ccsc2)n(CC)n1. The quantitative estimate of drug-likeness (QED) is 0.762. The molecule has 0 N–H and O–H groups in total. The number of aromatic nitrogens is 2. The van der Waals surface area contributed by atoms with E-state index in [9.17, 15) is 4.79 Å². The summed E-state index contributed by atoms with van der Waals surface area (Å²) >= 11 is 1.54. The van der Waals surface area contributed by atoms with Crippen LogP contribution < -0.4 is 0 Å². The van der Waals surface area contributed by atoms with Crippen molar-refractivity contribution in [3.05, 3.63) is 39.8 Å². The molecule has 2 rings (SSSR count). The number of hydrogen-bond acceptors (Lipinski definition) is 3. The summed E-state index contributed by atoms with van der Waals surface area (Å²) in [6.07, 6.45) is 0.858. The molecule has 0 fully saturated rings. The van der Waals surface area contributed by atoms with Gasteiger partial charge < -0.3 is 0 Å². The van der Waals surface area contributed by atoms with Crippen LogP contribution in [0.3, 0.4) is 0 Å². The van der Waals surface area contributed by atoms with Crippen molar-refractivity contribution < 1.29 is 4.79 Å². The molecular formula is C12H14N2OS. The van der Waals surface area contributed by atoms with E-state index in [2.05, 4.69) is 5.10 Å². The van der Waals surface area contributed by atoms with Crippen LogP contribution in [0.25, 0.3) is 0 Å². The van der Waals surface area contributed by atoms with Crippen LogP contribution in [0.5, 0.6) is 0 Å². The van der Waals surface area contributed by atoms with E-state index in [1.807, 2.05) is 36.7 Å². The molecule has 0 aliphatic heterocycles. The van der Waals surface area contributed by atoms with Gasteiger partial charge in [0.25, 0.3) is 0 Å². The lowest BCUT2D eigenvalue weighted by molar-refractivity contribution is 0.102. The molecule has 2 aromatic rings. The first-order valence-corrected chi connectivity index (χ1v) is 6.34. The van der Waals surface area contributed by atoms with Crippen molar-refractivity contribution in [2.45, 2.75) is 26.8 Å². The lowest BCUT2D eigenvalue weighted by Gasteiger charge is -2.01. The molecule has 84 valence electrons. The molecule has 0 aliphatic carbocycles. The normalized spacial score (nSPS) is 10.6. The van der Waals surface area contributed by atoms with Gasteiger partial charge in [-0.15, -0.1) is 0 Å². The van der Waals surface area contributed by atoms with Crippen molar-refractivity contribution in [1.82, 2.24) is 9.78 Å². The minimum Gasteiger partial charge on any atom is -0.287 e. The molecule has 2 heterocycles. The third-order valence-electron chi connectivity index (χ3n) is 2.51. The third-order valence-corrected chi connectivity index (χ3v) is 3.19. The van der Waals surface area contributed by atoms with Crippen molar-refractivity contribution in [2.24, 2.45) is 0 Å². The number of carbonyl (C=O) groups excluding carboxylic acids is 1. The average Bonchev–Trinajstić information content (AvgIpc) is 2.96. The second-order valence-corrected chi connectivity index (χ2v) is 4.31. The summed E-state index contributed by atoms with van der Waals surface area (Å²) in [6, 6.07) is 3.75. The van der Waals surface area contributed by atoms with Crippen LogP contribution in [0.2, 0.25) is 0 Å². The molecule has 0 radical (unpaired) electrons. The van der Waals surface area contributed by atoms with E-state index < -0.39 is 0 Å². The summed E-state index contributed by atoms with van der Waals surface area (Å²) in [7, 11) is 0. The van der Waals surface area contributed by atoms with Crippen LogP contribution >= 0.6 is 11.3 Å². The van der Waals surface area contributed by atoms with Crippen molar-refractivity contribution >= 4 is 17.1 Å². The first-order chi connectivity index (χ1) is 7.76. The highest BCUT2D eigenvalue weighted by Gasteiger charge is 2.15. The Hall–Kier alpha value is -1.42. The first-order valence-electron chi connectivity index (χ1n) is 5.39. The largest absolute Gasteiger partial charge is 0.287 e.